The summed E-state index contributed by atoms with van der Waals surface area (Å²) in [7, 11) is 0. The summed E-state index contributed by atoms with van der Waals surface area (Å²) < 4.78 is 15.5. The van der Waals surface area contributed by atoms with E-state index in [9.17, 15) is 19.5 Å². The van der Waals surface area contributed by atoms with Crippen LogP contribution in [-0.2, 0) is 28.6 Å². The monoisotopic (exact) mass is 360 g/mol. The molecule has 0 fully saturated rings. The molecule has 0 aliphatic heterocycles. The molecule has 0 saturated carbocycles. The first-order chi connectivity index (χ1) is 10.9. The third-order valence-corrected chi connectivity index (χ3v) is 2.55. The SMILES string of the molecule is CC(C)(C)OC(=O)CC(C(=O)OC(C)(C)C)C(O)C(=O)OC(C)(C)C. The topological polar surface area (TPSA) is 99.1 Å². The lowest BCUT2D eigenvalue weighted by atomic mass is 9.97. The number of hydrogen-bond acceptors (Lipinski definition) is 7. The van der Waals surface area contributed by atoms with Gasteiger partial charge in [-0.1, -0.05) is 0 Å². The van der Waals surface area contributed by atoms with Crippen LogP contribution in [0, 0.1) is 5.92 Å². The normalized spacial score (nSPS) is 15.1. The largest absolute Gasteiger partial charge is 0.460 e. The van der Waals surface area contributed by atoms with E-state index in [0.717, 1.165) is 0 Å². The molecule has 146 valence electrons. The fraction of sp³-hybridized carbons (Fsp3) is 0.833. The van der Waals surface area contributed by atoms with Crippen molar-refractivity contribution < 1.29 is 33.7 Å². The molecule has 2 atom stereocenters. The quantitative estimate of drug-likeness (QED) is 0.593. The van der Waals surface area contributed by atoms with Gasteiger partial charge in [0.2, 0.25) is 0 Å². The molecule has 0 saturated heterocycles. The molecular weight excluding hydrogens is 328 g/mol. The Kier molecular flexibility index (Phi) is 7.63. The Labute approximate surface area is 150 Å². The van der Waals surface area contributed by atoms with Crippen LogP contribution in [0.5, 0.6) is 0 Å². The standard InChI is InChI=1S/C18H32O7/c1-16(2,3)23-12(19)10-11(14(21)24-17(4,5)6)13(20)15(22)25-18(7,8)9/h11,13,20H,10H2,1-9H3. The number of rotatable bonds is 5. The number of carbonyl (C=O) groups excluding carboxylic acids is 3. The second-order valence-corrected chi connectivity index (χ2v) is 8.91. The molecule has 7 heteroatoms. The van der Waals surface area contributed by atoms with Crippen molar-refractivity contribution in [1.82, 2.24) is 0 Å². The lowest BCUT2D eigenvalue weighted by molar-refractivity contribution is -0.182. The minimum absolute atomic E-state index is 0.493. The fourth-order valence-electron chi connectivity index (χ4n) is 1.79. The van der Waals surface area contributed by atoms with Gasteiger partial charge in [0.1, 0.15) is 22.7 Å². The van der Waals surface area contributed by atoms with Crippen molar-refractivity contribution in [3.05, 3.63) is 0 Å². The molecule has 0 aromatic carbocycles. The maximum absolute atomic E-state index is 12.4. The van der Waals surface area contributed by atoms with Crippen molar-refractivity contribution in [2.75, 3.05) is 0 Å². The van der Waals surface area contributed by atoms with Gasteiger partial charge < -0.3 is 19.3 Å². The maximum Gasteiger partial charge on any atom is 0.336 e. The Morgan fingerprint density at radius 1 is 0.720 bits per heavy atom. The number of carbonyl (C=O) groups is 3. The Hall–Kier alpha value is -1.63. The smallest absolute Gasteiger partial charge is 0.336 e. The first-order valence-electron chi connectivity index (χ1n) is 8.27. The molecular formula is C18H32O7. The number of hydrogen-bond donors (Lipinski definition) is 1. The van der Waals surface area contributed by atoms with Crippen LogP contribution in [-0.4, -0.2) is 45.9 Å². The van der Waals surface area contributed by atoms with Gasteiger partial charge in [-0.3, -0.25) is 9.59 Å². The predicted molar refractivity (Wildman–Crippen MR) is 91.6 cm³/mol. The first kappa shape index (κ1) is 23.4. The average Bonchev–Trinajstić information content (AvgIpc) is 2.28. The molecule has 7 nitrogen and oxygen atoms in total. The second kappa shape index (κ2) is 8.17. The van der Waals surface area contributed by atoms with Crippen LogP contribution in [0.1, 0.15) is 68.7 Å². The van der Waals surface area contributed by atoms with Crippen LogP contribution < -0.4 is 0 Å². The minimum Gasteiger partial charge on any atom is -0.460 e. The Bertz CT molecular complexity index is 489. The van der Waals surface area contributed by atoms with Gasteiger partial charge >= 0.3 is 17.9 Å². The molecule has 0 bridgehead atoms. The molecule has 0 spiro atoms. The van der Waals surface area contributed by atoms with Crippen LogP contribution in [0.3, 0.4) is 0 Å². The highest BCUT2D eigenvalue weighted by Crippen LogP contribution is 2.22. The highest BCUT2D eigenvalue weighted by Gasteiger charge is 2.40. The Morgan fingerprint density at radius 2 is 1.08 bits per heavy atom. The molecule has 25 heavy (non-hydrogen) atoms. The fourth-order valence-corrected chi connectivity index (χ4v) is 1.79. The van der Waals surface area contributed by atoms with Crippen molar-refractivity contribution in [2.45, 2.75) is 91.6 Å². The van der Waals surface area contributed by atoms with Crippen LogP contribution in [0.4, 0.5) is 0 Å². The second-order valence-electron chi connectivity index (χ2n) is 8.91. The number of ether oxygens (including phenoxy) is 3. The van der Waals surface area contributed by atoms with E-state index in [2.05, 4.69) is 0 Å². The number of aliphatic hydroxyl groups is 1. The highest BCUT2D eigenvalue weighted by molar-refractivity contribution is 5.87. The van der Waals surface area contributed by atoms with Crippen LogP contribution in [0.2, 0.25) is 0 Å². The van der Waals surface area contributed by atoms with Gasteiger partial charge in [-0.15, -0.1) is 0 Å². The summed E-state index contributed by atoms with van der Waals surface area (Å²) in [6, 6.07) is 0. The van der Waals surface area contributed by atoms with Crippen molar-refractivity contribution in [3.63, 3.8) is 0 Å². The summed E-state index contributed by atoms with van der Waals surface area (Å²) in [5.41, 5.74) is -2.44. The summed E-state index contributed by atoms with van der Waals surface area (Å²) in [6.07, 6.45) is -2.33. The van der Waals surface area contributed by atoms with E-state index in [-0.39, 0.29) is 0 Å². The van der Waals surface area contributed by atoms with E-state index < -0.39 is 53.2 Å². The zero-order valence-corrected chi connectivity index (χ0v) is 16.8. The Balaban J connectivity index is 5.35. The van der Waals surface area contributed by atoms with Crippen molar-refractivity contribution in [2.24, 2.45) is 5.92 Å². The minimum atomic E-state index is -1.83. The Morgan fingerprint density at radius 3 is 1.44 bits per heavy atom. The average molecular weight is 360 g/mol. The third kappa shape index (κ3) is 10.8. The molecule has 0 heterocycles. The molecule has 2 unspecified atom stereocenters. The molecule has 0 aromatic heterocycles. The van der Waals surface area contributed by atoms with Gasteiger partial charge in [-0.05, 0) is 62.3 Å². The van der Waals surface area contributed by atoms with E-state index in [1.807, 2.05) is 0 Å². The maximum atomic E-state index is 12.4. The lowest BCUT2D eigenvalue weighted by Crippen LogP contribution is -2.43. The lowest BCUT2D eigenvalue weighted by Gasteiger charge is -2.28. The molecule has 1 N–H and O–H groups in total. The van der Waals surface area contributed by atoms with Crippen LogP contribution >= 0.6 is 0 Å². The van der Waals surface area contributed by atoms with E-state index in [4.69, 9.17) is 14.2 Å². The molecule has 0 aromatic rings. The van der Waals surface area contributed by atoms with Gasteiger partial charge in [0.25, 0.3) is 0 Å². The van der Waals surface area contributed by atoms with Gasteiger partial charge in [-0.2, -0.15) is 0 Å². The third-order valence-electron chi connectivity index (χ3n) is 2.55. The van der Waals surface area contributed by atoms with Gasteiger partial charge in [0, 0.05) is 0 Å². The zero-order chi connectivity index (χ0) is 20.2. The summed E-state index contributed by atoms with van der Waals surface area (Å²) in [6.45, 7) is 14.9. The summed E-state index contributed by atoms with van der Waals surface area (Å²) in [5.74, 6) is -3.99. The highest BCUT2D eigenvalue weighted by atomic mass is 16.6. The summed E-state index contributed by atoms with van der Waals surface area (Å²) in [5, 5.41) is 10.3. The summed E-state index contributed by atoms with van der Waals surface area (Å²) in [4.78, 5) is 36.5. The molecule has 0 rings (SSSR count). The van der Waals surface area contributed by atoms with Crippen molar-refractivity contribution in [3.8, 4) is 0 Å². The predicted octanol–water partition coefficient (Wildman–Crippen LogP) is 2.38. The molecule has 0 aliphatic carbocycles. The number of esters is 3. The van der Waals surface area contributed by atoms with E-state index in [1.165, 1.54) is 0 Å². The first-order valence-corrected chi connectivity index (χ1v) is 8.27. The van der Waals surface area contributed by atoms with Crippen molar-refractivity contribution >= 4 is 17.9 Å². The van der Waals surface area contributed by atoms with E-state index in [1.54, 1.807) is 62.3 Å². The van der Waals surface area contributed by atoms with Crippen molar-refractivity contribution in [1.29, 1.82) is 0 Å². The zero-order valence-electron chi connectivity index (χ0n) is 16.8. The van der Waals surface area contributed by atoms with Crippen LogP contribution in [0.15, 0.2) is 0 Å². The van der Waals surface area contributed by atoms with E-state index in [0.29, 0.717) is 0 Å². The summed E-state index contributed by atoms with van der Waals surface area (Å²) >= 11 is 0. The van der Waals surface area contributed by atoms with Gasteiger partial charge in [-0.25, -0.2) is 4.79 Å². The molecule has 0 amide bonds. The molecule has 0 radical (unpaired) electrons. The molecule has 0 aliphatic rings. The van der Waals surface area contributed by atoms with Gasteiger partial charge in [0.15, 0.2) is 6.10 Å². The van der Waals surface area contributed by atoms with Crippen LogP contribution in [0.25, 0.3) is 0 Å². The number of aliphatic hydroxyl groups excluding tert-OH is 1. The van der Waals surface area contributed by atoms with E-state index >= 15 is 0 Å². The van der Waals surface area contributed by atoms with Gasteiger partial charge in [0.05, 0.1) is 6.42 Å².